The molecule has 146 heavy (non-hydrogen) atoms. The monoisotopic (exact) mass is 1950 g/mol. The summed E-state index contributed by atoms with van der Waals surface area (Å²) in [6.07, 6.45) is 40.4. The van der Waals surface area contributed by atoms with E-state index in [1.165, 1.54) is 12.7 Å². The zero-order valence-corrected chi connectivity index (χ0v) is 80.3. The first kappa shape index (κ1) is 91.5. The Morgan fingerprint density at radius 2 is 0.651 bits per heavy atom. The zero-order chi connectivity index (χ0) is 99.8. The van der Waals surface area contributed by atoms with Crippen molar-refractivity contribution in [2.75, 3.05) is 88.5 Å². The smallest absolute Gasteiger partial charge is 0.291 e. The quantitative estimate of drug-likeness (QED) is 0.0429. The van der Waals surface area contributed by atoms with E-state index in [1.807, 2.05) is 165 Å². The van der Waals surface area contributed by atoms with Gasteiger partial charge in [-0.1, -0.05) is 48.5 Å². The van der Waals surface area contributed by atoms with E-state index in [4.69, 9.17) is 42.9 Å². The minimum atomic E-state index is -0.447. The fourth-order valence-electron chi connectivity index (χ4n) is 21.2. The number of fused-ring (bicyclic) bond motifs is 8. The number of nitrogens with zero attached hydrogens (tertiary/aromatic N) is 28. The molecule has 0 unspecified atom stereocenters. The molecular weight excluding hydrogens is 1850 g/mol. The summed E-state index contributed by atoms with van der Waals surface area (Å²) >= 11 is 0. The van der Waals surface area contributed by atoms with Gasteiger partial charge in [0.25, 0.3) is 11.8 Å². The molecule has 4 aliphatic rings. The first-order valence-electron chi connectivity index (χ1n) is 48.6. The van der Waals surface area contributed by atoms with Crippen LogP contribution in [-0.2, 0) is 9.59 Å². The SMILES string of the molecule is Cc1cn(C2CCN(C(=O)CO)CC2)c2nc3c(-c4ccc(-c5ccc[nH]5)nc4)cnn3c(N)c12.Cc1cn(C2CCN(C(=O)CO)CC2)c2nc3c(-c4ccn(-c5ccccc5)c4)cnn3c(N)c12.Cc1cn(C2CCN(C(=O)c3ncn[nH]3)CC2)c2nc3c(-c4ccc(-c5ccc[nH]5)nc4)cnn3c(N)c12.Cc1cn(C2CCN(C(=O)c3ncn[nH]3)CC2)c2nc3c(-c4ccn(-c5ccccc5)c4)cnn3c(N)c12. The number of aromatic nitrogens is 28. The fraction of sp³-hybridized carbons (Fsp3) is 0.250. The number of para-hydroxylation sites is 2. The van der Waals surface area contributed by atoms with Crippen LogP contribution in [0.5, 0.6) is 0 Å². The molecule has 22 aromatic rings. The van der Waals surface area contributed by atoms with Gasteiger partial charge in [-0.05, 0) is 174 Å². The third-order valence-corrected chi connectivity index (χ3v) is 28.8. The molecular formula is C104H104N36O6. The molecule has 26 rings (SSSR count). The summed E-state index contributed by atoms with van der Waals surface area (Å²) in [5, 5.41) is 53.1. The third kappa shape index (κ3) is 16.6. The molecule has 736 valence electrons. The highest BCUT2D eigenvalue weighted by molar-refractivity contribution is 5.99. The number of aromatic amines is 4. The maximum Gasteiger partial charge on any atom is 0.291 e. The summed E-state index contributed by atoms with van der Waals surface area (Å²) in [5.74, 6) is 2.12. The van der Waals surface area contributed by atoms with Crippen LogP contribution in [0.4, 0.5) is 23.3 Å². The number of piperidine rings is 4. The number of hydrogen-bond acceptors (Lipinski definition) is 24. The molecule has 42 nitrogen and oxygen atoms in total. The predicted octanol–water partition coefficient (Wildman–Crippen LogP) is 12.8. The molecule has 42 heteroatoms. The maximum absolute atomic E-state index is 12.7. The number of H-pyrrole nitrogens is 4. The molecule has 0 aliphatic carbocycles. The van der Waals surface area contributed by atoms with Crippen LogP contribution >= 0.6 is 0 Å². The number of benzene rings is 2. The molecule has 4 fully saturated rings. The van der Waals surface area contributed by atoms with Crippen molar-refractivity contribution >= 4 is 114 Å². The van der Waals surface area contributed by atoms with Gasteiger partial charge in [0.15, 0.2) is 22.6 Å². The lowest BCUT2D eigenvalue weighted by atomic mass is 10.0. The van der Waals surface area contributed by atoms with Crippen LogP contribution in [0.15, 0.2) is 233 Å². The van der Waals surface area contributed by atoms with Crippen molar-refractivity contribution in [3.05, 3.63) is 267 Å². The Hall–Kier alpha value is -18.2. The van der Waals surface area contributed by atoms with E-state index in [2.05, 4.69) is 179 Å². The lowest BCUT2D eigenvalue weighted by molar-refractivity contribution is -0.136. The van der Waals surface area contributed by atoms with Gasteiger partial charge in [0.05, 0.1) is 69.1 Å². The normalized spacial score (nSPS) is 14.7. The van der Waals surface area contributed by atoms with Crippen LogP contribution in [0, 0.1) is 27.7 Å². The topological polar surface area (TPSA) is 517 Å². The number of nitrogen functional groups attached to an aromatic ring is 4. The lowest BCUT2D eigenvalue weighted by Gasteiger charge is -2.32. The van der Waals surface area contributed by atoms with Crippen molar-refractivity contribution in [2.24, 2.45) is 0 Å². The number of carbonyl (C=O) groups excluding carboxylic acids is 4. The molecule has 0 atom stereocenters. The van der Waals surface area contributed by atoms with Crippen molar-refractivity contribution in [3.8, 4) is 78.7 Å². The number of aryl methyl sites for hydroxylation is 4. The standard InChI is InChI=1S/C27H26N10O.C26H25N11O.C26H27N7O2.C25H26N8O2/c1-17-14-36(20-8-11-34(12-9-20)27(38)24-29-16-30-33-24)26-22(17)23(28)37-25(32-26)21(13-31-37)18-7-10-35(15-18)19-5-3-2-4-6-19;1-15-13-36(17-6-9-35(10-7-17)26(38)23-30-14-31-34-23)25-21(15)22(27)37-24(33-25)18(12-32-37)16-4-5-20(29-11-16)19-3-2-8-28-19;1-17-14-32(20-8-11-30(12-9-20)22(35)16-34)26-23(17)24(27)33-25(29-26)21(13-28-33)18-7-10-31(15-18)19-5-3-2-4-6-19;1-15-13-32(17-6-9-31(10-7-17)21(35)14-34)25-22(15)23(26)33-24(30-25)18(12-29-33)16-4-5-20(28-11-16)19-3-2-8-27-19/h2-7,10,13-16,20H,8-9,11-12,28H2,1H3,(H,29,30,33);2-5,8,11-14,17,28H,6-7,9-10,27H2,1H3,(H,30,31,34);2-7,10,13-15,20,34H,8-9,11-12,16,27H2,1H3;2-5,8,11-13,17,27,34H,6-7,9-10,14,26H2,1H3. The van der Waals surface area contributed by atoms with E-state index in [0.717, 1.165) is 202 Å². The molecule has 2 aromatic carbocycles. The molecule has 0 spiro atoms. The lowest BCUT2D eigenvalue weighted by Crippen LogP contribution is -2.40. The summed E-state index contributed by atoms with van der Waals surface area (Å²) in [4.78, 5) is 100. The first-order valence-corrected chi connectivity index (χ1v) is 48.6. The van der Waals surface area contributed by atoms with Gasteiger partial charge in [-0.15, -0.1) is 0 Å². The minimum Gasteiger partial charge on any atom is -0.387 e. The Morgan fingerprint density at radius 3 is 0.925 bits per heavy atom. The van der Waals surface area contributed by atoms with Gasteiger partial charge in [-0.3, -0.25) is 39.3 Å². The number of nitrogens with one attached hydrogen (secondary N) is 4. The number of amides is 4. The van der Waals surface area contributed by atoms with Gasteiger partial charge in [0, 0.05) is 207 Å². The third-order valence-electron chi connectivity index (χ3n) is 28.8. The van der Waals surface area contributed by atoms with E-state index >= 15 is 0 Å². The summed E-state index contributed by atoms with van der Waals surface area (Å²) in [6.45, 7) is 12.2. The molecule has 0 radical (unpaired) electrons. The van der Waals surface area contributed by atoms with E-state index in [9.17, 15) is 29.4 Å². The van der Waals surface area contributed by atoms with Crippen LogP contribution in [0.1, 0.15) is 119 Å². The summed E-state index contributed by atoms with van der Waals surface area (Å²) in [6, 6.07) is 41.1. The molecule has 4 amide bonds. The number of rotatable bonds is 16. The second-order valence-electron chi connectivity index (χ2n) is 37.4. The maximum atomic E-state index is 12.7. The second-order valence-corrected chi connectivity index (χ2v) is 37.4. The van der Waals surface area contributed by atoms with Gasteiger partial charge in [0.1, 0.15) is 71.7 Å². The number of hydrogen-bond donors (Lipinski definition) is 10. The van der Waals surface area contributed by atoms with E-state index in [1.54, 1.807) is 40.3 Å². The number of anilines is 4. The van der Waals surface area contributed by atoms with Crippen molar-refractivity contribution in [3.63, 3.8) is 0 Å². The van der Waals surface area contributed by atoms with E-state index in [0.29, 0.717) is 92.6 Å². The highest BCUT2D eigenvalue weighted by Crippen LogP contribution is 2.43. The van der Waals surface area contributed by atoms with E-state index < -0.39 is 13.2 Å². The average Bonchev–Trinajstić information content (AvgIpc) is 1.59. The van der Waals surface area contributed by atoms with Crippen molar-refractivity contribution < 1.29 is 29.4 Å². The number of nitrogens with two attached hydrogens (primary N) is 4. The van der Waals surface area contributed by atoms with Gasteiger partial charge in [0.2, 0.25) is 23.5 Å². The number of likely N-dealkylation sites (tertiary alicyclic amines) is 4. The summed E-state index contributed by atoms with van der Waals surface area (Å²) in [5.41, 5.74) is 50.1. The number of carbonyl (C=O) groups is 4. The average molecular weight is 1950 g/mol. The van der Waals surface area contributed by atoms with Crippen LogP contribution < -0.4 is 22.9 Å². The Kier molecular flexibility index (Phi) is 23.8. The van der Waals surface area contributed by atoms with Gasteiger partial charge in [-0.25, -0.2) is 29.9 Å². The first-order chi connectivity index (χ1) is 71.3. The van der Waals surface area contributed by atoms with E-state index in [-0.39, 0.29) is 59.4 Å². The van der Waals surface area contributed by atoms with Gasteiger partial charge >= 0.3 is 0 Å². The van der Waals surface area contributed by atoms with Crippen molar-refractivity contribution in [2.45, 2.75) is 103 Å². The highest BCUT2D eigenvalue weighted by atomic mass is 16.3. The summed E-state index contributed by atoms with van der Waals surface area (Å²) in [7, 11) is 0. The Morgan fingerprint density at radius 1 is 0.342 bits per heavy atom. The Balaban J connectivity index is 0.000000107. The van der Waals surface area contributed by atoms with Gasteiger partial charge < -0.3 is 90.1 Å². The van der Waals surface area contributed by atoms with Crippen molar-refractivity contribution in [1.29, 1.82) is 0 Å². The minimum absolute atomic E-state index is 0.120. The molecule has 0 saturated carbocycles. The van der Waals surface area contributed by atoms with Crippen LogP contribution in [0.2, 0.25) is 0 Å². The second kappa shape index (κ2) is 38.0. The molecule has 14 N–H and O–H groups in total. The molecule has 0 bridgehead atoms. The molecule has 4 aliphatic heterocycles. The number of aliphatic hydroxyl groups excluding tert-OH is 2. The highest BCUT2D eigenvalue weighted by Gasteiger charge is 2.35. The number of pyridine rings is 2. The van der Waals surface area contributed by atoms with Gasteiger partial charge in [-0.2, -0.15) is 48.7 Å². The molecule has 4 saturated heterocycles. The summed E-state index contributed by atoms with van der Waals surface area (Å²) < 4.78 is 19.8. The van der Waals surface area contributed by atoms with Crippen molar-refractivity contribution in [1.82, 2.24) is 156 Å². The zero-order valence-electron chi connectivity index (χ0n) is 80.3. The molecule has 20 aromatic heterocycles. The van der Waals surface area contributed by atoms with Crippen LogP contribution in [-0.4, -0.2) is 255 Å². The van der Waals surface area contributed by atoms with Crippen LogP contribution in [0.3, 0.4) is 0 Å². The van der Waals surface area contributed by atoms with Crippen LogP contribution in [0.25, 0.3) is 145 Å². The predicted molar refractivity (Wildman–Crippen MR) is 551 cm³/mol. The fourth-order valence-corrected chi connectivity index (χ4v) is 21.2. The largest absolute Gasteiger partial charge is 0.387 e. The molecule has 24 heterocycles. The number of aliphatic hydroxyl groups is 2. The Bertz CT molecular complexity index is 8580. The Labute approximate surface area is 831 Å².